The van der Waals surface area contributed by atoms with Crippen LogP contribution in [0.5, 0.6) is 0 Å². The molecule has 0 saturated heterocycles. The number of aliphatic carboxylic acids is 1. The highest BCUT2D eigenvalue weighted by atomic mass is 16.4. The van der Waals surface area contributed by atoms with Crippen LogP contribution in [0, 0.1) is 0 Å². The average Bonchev–Trinajstić information content (AvgIpc) is 3.38. The Labute approximate surface area is 200 Å². The SMILES string of the molecule is NC(=O)c1cccc2c1c1c(n2Cc2cccc3c2Cc2ccccc2-3)C(CC(=O)O)=NCC1=O. The van der Waals surface area contributed by atoms with Gasteiger partial charge in [-0.15, -0.1) is 0 Å². The summed E-state index contributed by atoms with van der Waals surface area (Å²) in [6, 6.07) is 19.7. The van der Waals surface area contributed by atoms with Gasteiger partial charge in [-0.25, -0.2) is 0 Å². The van der Waals surface area contributed by atoms with E-state index in [-0.39, 0.29) is 24.3 Å². The summed E-state index contributed by atoms with van der Waals surface area (Å²) in [5.41, 5.74) is 13.6. The van der Waals surface area contributed by atoms with E-state index in [4.69, 9.17) is 5.73 Å². The number of ketones is 1. The third-order valence-electron chi connectivity index (χ3n) is 6.92. The van der Waals surface area contributed by atoms with Crippen LogP contribution in [0.4, 0.5) is 0 Å². The molecule has 3 aromatic carbocycles. The van der Waals surface area contributed by atoms with Crippen LogP contribution >= 0.6 is 0 Å². The van der Waals surface area contributed by atoms with Gasteiger partial charge in [0, 0.05) is 17.5 Å². The Balaban J connectivity index is 1.60. The summed E-state index contributed by atoms with van der Waals surface area (Å²) in [4.78, 5) is 41.3. The van der Waals surface area contributed by atoms with Crippen LogP contribution in [0.3, 0.4) is 0 Å². The van der Waals surface area contributed by atoms with Crippen molar-refractivity contribution in [1.82, 2.24) is 4.57 Å². The largest absolute Gasteiger partial charge is 0.481 e. The fraction of sp³-hybridized carbons (Fsp3) is 0.143. The molecule has 0 fully saturated rings. The highest BCUT2D eigenvalue weighted by molar-refractivity contribution is 6.26. The van der Waals surface area contributed by atoms with Crippen LogP contribution in [0.2, 0.25) is 0 Å². The minimum Gasteiger partial charge on any atom is -0.481 e. The fourth-order valence-corrected chi connectivity index (χ4v) is 5.49. The Morgan fingerprint density at radius 1 is 1.00 bits per heavy atom. The van der Waals surface area contributed by atoms with E-state index >= 15 is 0 Å². The average molecular weight is 463 g/mol. The predicted molar refractivity (Wildman–Crippen MR) is 132 cm³/mol. The van der Waals surface area contributed by atoms with E-state index in [1.54, 1.807) is 12.1 Å². The Morgan fingerprint density at radius 3 is 2.57 bits per heavy atom. The Morgan fingerprint density at radius 2 is 1.77 bits per heavy atom. The van der Waals surface area contributed by atoms with Crippen molar-refractivity contribution < 1.29 is 19.5 Å². The van der Waals surface area contributed by atoms with Gasteiger partial charge in [0.2, 0.25) is 5.91 Å². The molecular weight excluding hydrogens is 442 g/mol. The van der Waals surface area contributed by atoms with Crippen molar-refractivity contribution >= 4 is 34.3 Å². The quantitative estimate of drug-likeness (QED) is 0.412. The number of aromatic nitrogens is 1. The third-order valence-corrected chi connectivity index (χ3v) is 6.92. The molecular formula is C28H21N3O4. The third kappa shape index (κ3) is 3.19. The first-order valence-electron chi connectivity index (χ1n) is 11.4. The molecule has 1 aromatic heterocycles. The summed E-state index contributed by atoms with van der Waals surface area (Å²) in [6.07, 6.45) is 0.478. The highest BCUT2D eigenvalue weighted by Crippen LogP contribution is 2.40. The molecule has 0 spiro atoms. The summed E-state index contributed by atoms with van der Waals surface area (Å²) < 4.78 is 1.93. The zero-order chi connectivity index (χ0) is 24.3. The molecule has 0 atom stereocenters. The lowest BCUT2D eigenvalue weighted by molar-refractivity contribution is -0.135. The monoisotopic (exact) mass is 463 g/mol. The molecule has 1 aliphatic heterocycles. The van der Waals surface area contributed by atoms with Crippen LogP contribution < -0.4 is 5.73 Å². The van der Waals surface area contributed by atoms with E-state index in [2.05, 4.69) is 29.3 Å². The van der Waals surface area contributed by atoms with E-state index < -0.39 is 11.9 Å². The molecule has 6 rings (SSSR count). The van der Waals surface area contributed by atoms with Gasteiger partial charge in [-0.2, -0.15) is 0 Å². The second-order valence-electron chi connectivity index (χ2n) is 8.91. The Kier molecular flexibility index (Phi) is 4.67. The molecule has 1 aliphatic carbocycles. The number of fused-ring (bicyclic) bond motifs is 6. The van der Waals surface area contributed by atoms with Crippen LogP contribution in [-0.4, -0.2) is 39.6 Å². The number of carboxylic acids is 1. The van der Waals surface area contributed by atoms with Gasteiger partial charge >= 0.3 is 5.97 Å². The van der Waals surface area contributed by atoms with E-state index in [9.17, 15) is 19.5 Å². The van der Waals surface area contributed by atoms with Crippen LogP contribution in [0.15, 0.2) is 65.7 Å². The molecule has 0 radical (unpaired) electrons. The second-order valence-corrected chi connectivity index (χ2v) is 8.91. The molecule has 7 nitrogen and oxygen atoms in total. The van der Waals surface area contributed by atoms with Gasteiger partial charge in [-0.05, 0) is 46.4 Å². The first kappa shape index (κ1) is 21.0. The van der Waals surface area contributed by atoms with Crippen LogP contribution in [0.1, 0.15) is 49.5 Å². The predicted octanol–water partition coefficient (Wildman–Crippen LogP) is 3.82. The zero-order valence-electron chi connectivity index (χ0n) is 18.7. The summed E-state index contributed by atoms with van der Waals surface area (Å²) in [5, 5.41) is 10.00. The maximum Gasteiger partial charge on any atom is 0.309 e. The minimum atomic E-state index is -1.04. The maximum atomic E-state index is 13.1. The number of nitrogens with zero attached hydrogens (tertiary/aromatic N) is 2. The number of hydrogen-bond donors (Lipinski definition) is 2. The molecule has 0 saturated carbocycles. The molecule has 1 amide bonds. The van der Waals surface area contributed by atoms with Crippen LogP contribution in [-0.2, 0) is 17.8 Å². The summed E-state index contributed by atoms with van der Waals surface area (Å²) in [7, 11) is 0. The van der Waals surface area contributed by atoms with Gasteiger partial charge in [0.05, 0.1) is 28.9 Å². The van der Waals surface area contributed by atoms with Crippen molar-refractivity contribution in [3.8, 4) is 11.1 Å². The molecule has 0 bridgehead atoms. The number of carbonyl (C=O) groups excluding carboxylic acids is 2. The van der Waals surface area contributed by atoms with E-state index in [0.717, 1.165) is 12.0 Å². The van der Waals surface area contributed by atoms with Gasteiger partial charge in [-0.1, -0.05) is 48.5 Å². The lowest BCUT2D eigenvalue weighted by Crippen LogP contribution is -2.24. The van der Waals surface area contributed by atoms with Crippen molar-refractivity contribution in [2.75, 3.05) is 6.54 Å². The van der Waals surface area contributed by atoms with Gasteiger partial charge in [0.1, 0.15) is 6.54 Å². The lowest BCUT2D eigenvalue weighted by atomic mass is 9.96. The van der Waals surface area contributed by atoms with Gasteiger partial charge in [-0.3, -0.25) is 19.4 Å². The Bertz CT molecular complexity index is 1630. The molecule has 2 heterocycles. The number of carboxylic acid groups (broad SMARTS) is 1. The number of hydrogen-bond acceptors (Lipinski definition) is 4. The number of benzene rings is 3. The van der Waals surface area contributed by atoms with Crippen molar-refractivity contribution in [1.29, 1.82) is 0 Å². The first-order chi connectivity index (χ1) is 16.9. The van der Waals surface area contributed by atoms with Crippen LogP contribution in [0.25, 0.3) is 22.0 Å². The van der Waals surface area contributed by atoms with Gasteiger partial charge < -0.3 is 15.4 Å². The summed E-state index contributed by atoms with van der Waals surface area (Å²) in [6.45, 7) is 0.245. The molecule has 172 valence electrons. The van der Waals surface area contributed by atoms with E-state index in [1.165, 1.54) is 22.3 Å². The number of rotatable bonds is 5. The van der Waals surface area contributed by atoms with Gasteiger partial charge in [0.15, 0.2) is 5.78 Å². The summed E-state index contributed by atoms with van der Waals surface area (Å²) >= 11 is 0. The number of nitrogens with two attached hydrogens (primary N) is 1. The van der Waals surface area contributed by atoms with Crippen molar-refractivity contribution in [2.24, 2.45) is 10.7 Å². The number of aliphatic imine (C=N–C) groups is 1. The second kappa shape index (κ2) is 7.77. The number of Topliss-reactive ketones (excluding diaryl/α,β-unsaturated/α-hetero) is 1. The molecule has 7 heteroatoms. The highest BCUT2D eigenvalue weighted by Gasteiger charge is 2.32. The molecule has 35 heavy (non-hydrogen) atoms. The molecule has 3 N–H and O–H groups in total. The van der Waals surface area contributed by atoms with E-state index in [0.29, 0.717) is 34.4 Å². The topological polar surface area (TPSA) is 115 Å². The molecule has 0 unspecified atom stereocenters. The molecule has 2 aliphatic rings. The minimum absolute atomic E-state index is 0.155. The van der Waals surface area contributed by atoms with Crippen molar-refractivity contribution in [3.05, 3.63) is 94.2 Å². The number of primary amides is 1. The standard InChI is InChI=1S/C28H21N3O4/c29-28(35)19-9-4-10-22-25(19)26-23(32)13-30-21(12-24(33)34)27(26)31(22)14-16-6-3-8-18-17-7-2-1-5-15(17)11-20(16)18/h1-10H,11-14H2,(H2,29,35)(H,33,34). The number of amides is 1. The normalized spacial score (nSPS) is 13.8. The van der Waals surface area contributed by atoms with E-state index in [1.807, 2.05) is 28.8 Å². The zero-order valence-corrected chi connectivity index (χ0v) is 18.7. The first-order valence-corrected chi connectivity index (χ1v) is 11.4. The fourth-order valence-electron chi connectivity index (χ4n) is 5.49. The van der Waals surface area contributed by atoms with Crippen molar-refractivity contribution in [3.63, 3.8) is 0 Å². The Hall–Kier alpha value is -4.52. The van der Waals surface area contributed by atoms with Crippen molar-refractivity contribution in [2.45, 2.75) is 19.4 Å². The summed E-state index contributed by atoms with van der Waals surface area (Å²) in [5.74, 6) is -1.92. The maximum absolute atomic E-state index is 13.1. The van der Waals surface area contributed by atoms with Gasteiger partial charge in [0.25, 0.3) is 0 Å². The smallest absolute Gasteiger partial charge is 0.309 e. The number of carbonyl (C=O) groups is 3. The lowest BCUT2D eigenvalue weighted by Gasteiger charge is -2.18. The molecule has 4 aromatic rings.